The maximum atomic E-state index is 11.9. The van der Waals surface area contributed by atoms with Crippen LogP contribution < -0.4 is 10.1 Å². The van der Waals surface area contributed by atoms with Gasteiger partial charge in [0.05, 0.1) is 13.0 Å². The van der Waals surface area contributed by atoms with Crippen molar-refractivity contribution in [3.63, 3.8) is 0 Å². The molecule has 104 valence electrons. The highest BCUT2D eigenvalue weighted by Gasteiger charge is 2.16. The standard InChI is InChI=1S/C14H19NO4/c1-4-10(14(17)18)8-15-13(16)11-6-5-9(2)12(7-11)19-3/h5-7,10H,4,8H2,1-3H3,(H,15,16)(H,17,18). The van der Waals surface area contributed by atoms with Crippen LogP contribution in [0.4, 0.5) is 0 Å². The van der Waals surface area contributed by atoms with E-state index >= 15 is 0 Å². The third-order valence-corrected chi connectivity index (χ3v) is 3.02. The number of carbonyl (C=O) groups is 2. The Bertz CT molecular complexity index is 471. The summed E-state index contributed by atoms with van der Waals surface area (Å²) in [5.41, 5.74) is 1.40. The second-order valence-electron chi connectivity index (χ2n) is 4.34. The normalized spacial score (nSPS) is 11.7. The average molecular weight is 265 g/mol. The van der Waals surface area contributed by atoms with E-state index in [9.17, 15) is 9.59 Å². The van der Waals surface area contributed by atoms with Gasteiger partial charge in [0.1, 0.15) is 5.75 Å². The van der Waals surface area contributed by atoms with Crippen molar-refractivity contribution in [2.24, 2.45) is 5.92 Å². The van der Waals surface area contributed by atoms with Gasteiger partial charge in [-0.1, -0.05) is 13.0 Å². The molecule has 1 unspecified atom stereocenters. The van der Waals surface area contributed by atoms with Crippen LogP contribution in [-0.4, -0.2) is 30.6 Å². The van der Waals surface area contributed by atoms with Gasteiger partial charge in [0.25, 0.3) is 5.91 Å². The lowest BCUT2D eigenvalue weighted by atomic mass is 10.1. The molecule has 19 heavy (non-hydrogen) atoms. The molecule has 0 aliphatic heterocycles. The molecule has 0 aromatic heterocycles. The number of carboxylic acids is 1. The number of hydrogen-bond donors (Lipinski definition) is 2. The Labute approximate surface area is 112 Å². The molecule has 0 radical (unpaired) electrons. The predicted molar refractivity (Wildman–Crippen MR) is 71.5 cm³/mol. The lowest BCUT2D eigenvalue weighted by molar-refractivity contribution is -0.141. The summed E-state index contributed by atoms with van der Waals surface area (Å²) in [6.45, 7) is 3.79. The molecule has 0 bridgehead atoms. The van der Waals surface area contributed by atoms with Crippen LogP contribution in [0.2, 0.25) is 0 Å². The topological polar surface area (TPSA) is 75.6 Å². The van der Waals surface area contributed by atoms with Gasteiger partial charge in [0.2, 0.25) is 0 Å². The molecule has 0 saturated heterocycles. The quantitative estimate of drug-likeness (QED) is 0.823. The summed E-state index contributed by atoms with van der Waals surface area (Å²) in [6.07, 6.45) is 0.479. The molecule has 0 aliphatic rings. The molecule has 2 N–H and O–H groups in total. The van der Waals surface area contributed by atoms with Crippen LogP contribution in [0.5, 0.6) is 5.75 Å². The summed E-state index contributed by atoms with van der Waals surface area (Å²) in [7, 11) is 1.54. The minimum Gasteiger partial charge on any atom is -0.496 e. The first kappa shape index (κ1) is 15.0. The number of carboxylic acid groups (broad SMARTS) is 1. The zero-order valence-corrected chi connectivity index (χ0v) is 11.4. The molecule has 0 saturated carbocycles. The number of amides is 1. The third-order valence-electron chi connectivity index (χ3n) is 3.02. The Morgan fingerprint density at radius 2 is 2.11 bits per heavy atom. The molecule has 1 atom stereocenters. The molecule has 1 amide bonds. The molecule has 1 aromatic rings. The fourth-order valence-corrected chi connectivity index (χ4v) is 1.69. The number of ether oxygens (including phenoxy) is 1. The van der Waals surface area contributed by atoms with Crippen LogP contribution >= 0.6 is 0 Å². The summed E-state index contributed by atoms with van der Waals surface area (Å²) < 4.78 is 5.15. The Morgan fingerprint density at radius 1 is 1.42 bits per heavy atom. The molecule has 0 heterocycles. The predicted octanol–water partition coefficient (Wildman–Crippen LogP) is 1.84. The second kappa shape index (κ2) is 6.78. The first-order chi connectivity index (χ1) is 8.99. The van der Waals surface area contributed by atoms with Crippen molar-refractivity contribution in [3.05, 3.63) is 29.3 Å². The highest BCUT2D eigenvalue weighted by Crippen LogP contribution is 2.18. The van der Waals surface area contributed by atoms with E-state index < -0.39 is 11.9 Å². The van der Waals surface area contributed by atoms with Gasteiger partial charge in [0.15, 0.2) is 0 Å². The minimum absolute atomic E-state index is 0.126. The van der Waals surface area contributed by atoms with Crippen molar-refractivity contribution in [1.29, 1.82) is 0 Å². The van der Waals surface area contributed by atoms with Gasteiger partial charge < -0.3 is 15.2 Å². The average Bonchev–Trinajstić information content (AvgIpc) is 2.39. The van der Waals surface area contributed by atoms with Crippen molar-refractivity contribution < 1.29 is 19.4 Å². The van der Waals surface area contributed by atoms with Gasteiger partial charge in [0, 0.05) is 12.1 Å². The number of aliphatic carboxylic acids is 1. The molecular formula is C14H19NO4. The van der Waals surface area contributed by atoms with Gasteiger partial charge in [-0.05, 0) is 31.0 Å². The largest absolute Gasteiger partial charge is 0.496 e. The van der Waals surface area contributed by atoms with Crippen LogP contribution in [0.25, 0.3) is 0 Å². The third kappa shape index (κ3) is 3.98. The van der Waals surface area contributed by atoms with Gasteiger partial charge in [-0.3, -0.25) is 9.59 Å². The SMILES string of the molecule is CCC(CNC(=O)c1ccc(C)c(OC)c1)C(=O)O. The zero-order valence-electron chi connectivity index (χ0n) is 11.4. The van der Waals surface area contributed by atoms with Crippen LogP contribution in [-0.2, 0) is 4.79 Å². The van der Waals surface area contributed by atoms with Gasteiger partial charge in [-0.2, -0.15) is 0 Å². The molecule has 1 aromatic carbocycles. The van der Waals surface area contributed by atoms with Gasteiger partial charge >= 0.3 is 5.97 Å². The number of methoxy groups -OCH3 is 1. The van der Waals surface area contributed by atoms with Gasteiger partial charge in [-0.15, -0.1) is 0 Å². The zero-order chi connectivity index (χ0) is 14.4. The Hall–Kier alpha value is -2.04. The summed E-state index contributed by atoms with van der Waals surface area (Å²) in [5.74, 6) is -1.11. The Balaban J connectivity index is 2.70. The van der Waals surface area contributed by atoms with E-state index in [1.165, 1.54) is 0 Å². The van der Waals surface area contributed by atoms with E-state index in [4.69, 9.17) is 9.84 Å². The lowest BCUT2D eigenvalue weighted by Gasteiger charge is -2.12. The van der Waals surface area contributed by atoms with Crippen molar-refractivity contribution in [2.75, 3.05) is 13.7 Å². The lowest BCUT2D eigenvalue weighted by Crippen LogP contribution is -2.32. The van der Waals surface area contributed by atoms with Crippen LogP contribution in [0.3, 0.4) is 0 Å². The van der Waals surface area contributed by atoms with E-state index in [0.29, 0.717) is 17.7 Å². The first-order valence-electron chi connectivity index (χ1n) is 6.15. The molecular weight excluding hydrogens is 246 g/mol. The van der Waals surface area contributed by atoms with E-state index in [-0.39, 0.29) is 12.5 Å². The van der Waals surface area contributed by atoms with Gasteiger partial charge in [-0.25, -0.2) is 0 Å². The van der Waals surface area contributed by atoms with E-state index in [1.807, 2.05) is 6.92 Å². The summed E-state index contributed by atoms with van der Waals surface area (Å²) in [4.78, 5) is 22.8. The number of hydrogen-bond acceptors (Lipinski definition) is 3. The number of aryl methyl sites for hydroxylation is 1. The minimum atomic E-state index is -0.899. The van der Waals surface area contributed by atoms with Crippen molar-refractivity contribution >= 4 is 11.9 Å². The summed E-state index contributed by atoms with van der Waals surface area (Å²) in [6, 6.07) is 5.13. The maximum absolute atomic E-state index is 11.9. The summed E-state index contributed by atoms with van der Waals surface area (Å²) >= 11 is 0. The van der Waals surface area contributed by atoms with E-state index in [1.54, 1.807) is 32.2 Å². The fourth-order valence-electron chi connectivity index (χ4n) is 1.69. The molecule has 1 rings (SSSR count). The van der Waals surface area contributed by atoms with Crippen molar-refractivity contribution in [3.8, 4) is 5.75 Å². The van der Waals surface area contributed by atoms with Crippen molar-refractivity contribution in [2.45, 2.75) is 20.3 Å². The molecule has 0 spiro atoms. The summed E-state index contributed by atoms with van der Waals surface area (Å²) in [5, 5.41) is 11.5. The number of rotatable bonds is 6. The maximum Gasteiger partial charge on any atom is 0.308 e. The molecule has 0 fully saturated rings. The molecule has 5 nitrogen and oxygen atoms in total. The molecule has 5 heteroatoms. The van der Waals surface area contributed by atoms with Crippen molar-refractivity contribution in [1.82, 2.24) is 5.32 Å². The number of nitrogens with one attached hydrogen (secondary N) is 1. The van der Waals surface area contributed by atoms with E-state index in [0.717, 1.165) is 5.56 Å². The monoisotopic (exact) mass is 265 g/mol. The van der Waals surface area contributed by atoms with Crippen LogP contribution in [0.15, 0.2) is 18.2 Å². The first-order valence-corrected chi connectivity index (χ1v) is 6.15. The Kier molecular flexibility index (Phi) is 5.36. The van der Waals surface area contributed by atoms with E-state index in [2.05, 4.69) is 5.32 Å². The fraction of sp³-hybridized carbons (Fsp3) is 0.429. The number of carbonyl (C=O) groups excluding carboxylic acids is 1. The van der Waals surface area contributed by atoms with Crippen LogP contribution in [0.1, 0.15) is 29.3 Å². The molecule has 0 aliphatic carbocycles. The highest BCUT2D eigenvalue weighted by atomic mass is 16.5. The highest BCUT2D eigenvalue weighted by molar-refractivity contribution is 5.94. The number of benzene rings is 1. The Morgan fingerprint density at radius 3 is 2.63 bits per heavy atom. The smallest absolute Gasteiger partial charge is 0.308 e. The second-order valence-corrected chi connectivity index (χ2v) is 4.34. The van der Waals surface area contributed by atoms with Crippen LogP contribution in [0, 0.1) is 12.8 Å².